The second-order valence-corrected chi connectivity index (χ2v) is 3.28. The molecule has 1 unspecified atom stereocenters. The average molecular weight is 187 g/mol. The molecule has 4 heteroatoms. The summed E-state index contributed by atoms with van der Waals surface area (Å²) in [6, 6.07) is -0.485. The van der Waals surface area contributed by atoms with Gasteiger partial charge in [-0.05, 0) is 19.3 Å². The molecular weight excluding hydrogens is 170 g/mol. The van der Waals surface area contributed by atoms with Gasteiger partial charge in [0.1, 0.15) is 12.6 Å². The number of esters is 1. The second kappa shape index (κ2) is 5.19. The topological polar surface area (TPSA) is 61.6 Å². The van der Waals surface area contributed by atoms with Gasteiger partial charge in [-0.1, -0.05) is 6.92 Å². The molecule has 0 radical (unpaired) electrons. The highest BCUT2D eigenvalue weighted by atomic mass is 16.6. The van der Waals surface area contributed by atoms with Gasteiger partial charge in [0.05, 0.1) is 6.10 Å². The summed E-state index contributed by atoms with van der Waals surface area (Å²) in [4.78, 5) is 11.1. The number of hydrogen-bond donors (Lipinski definition) is 1. The Morgan fingerprint density at radius 2 is 2.54 bits per heavy atom. The molecule has 1 rings (SSSR count). The lowest BCUT2D eigenvalue weighted by atomic mass is 10.2. The van der Waals surface area contributed by atoms with Crippen LogP contribution in [0.2, 0.25) is 0 Å². The summed E-state index contributed by atoms with van der Waals surface area (Å²) in [7, 11) is 0. The van der Waals surface area contributed by atoms with Gasteiger partial charge in [-0.15, -0.1) is 0 Å². The minimum absolute atomic E-state index is 0.0907. The number of carbonyl (C=O) groups excluding carboxylic acids is 1. The van der Waals surface area contributed by atoms with E-state index in [0.29, 0.717) is 13.0 Å². The first-order valence-electron chi connectivity index (χ1n) is 4.78. The summed E-state index contributed by atoms with van der Waals surface area (Å²) in [6.07, 6.45) is 2.74. The first-order valence-corrected chi connectivity index (χ1v) is 4.78. The van der Waals surface area contributed by atoms with E-state index in [1.165, 1.54) is 0 Å². The van der Waals surface area contributed by atoms with Gasteiger partial charge in [0, 0.05) is 6.61 Å². The average Bonchev–Trinajstić information content (AvgIpc) is 2.65. The third-order valence-corrected chi connectivity index (χ3v) is 2.18. The van der Waals surface area contributed by atoms with Crippen LogP contribution in [0, 0.1) is 0 Å². The van der Waals surface area contributed by atoms with Crippen molar-refractivity contribution in [3.63, 3.8) is 0 Å². The molecule has 2 N–H and O–H groups in total. The quantitative estimate of drug-likeness (QED) is 0.649. The van der Waals surface area contributed by atoms with Crippen molar-refractivity contribution in [3.8, 4) is 0 Å². The van der Waals surface area contributed by atoms with Crippen molar-refractivity contribution in [3.05, 3.63) is 0 Å². The van der Waals surface area contributed by atoms with Crippen LogP contribution in [0.5, 0.6) is 0 Å². The van der Waals surface area contributed by atoms with Crippen LogP contribution in [0.4, 0.5) is 0 Å². The van der Waals surface area contributed by atoms with Gasteiger partial charge < -0.3 is 15.2 Å². The van der Waals surface area contributed by atoms with Gasteiger partial charge in [0.15, 0.2) is 0 Å². The molecule has 0 bridgehead atoms. The fourth-order valence-electron chi connectivity index (χ4n) is 1.22. The van der Waals surface area contributed by atoms with E-state index in [0.717, 1.165) is 19.4 Å². The molecule has 0 aromatic carbocycles. The van der Waals surface area contributed by atoms with Gasteiger partial charge in [-0.2, -0.15) is 0 Å². The maximum atomic E-state index is 11.1. The lowest BCUT2D eigenvalue weighted by Gasteiger charge is -2.12. The summed E-state index contributed by atoms with van der Waals surface area (Å²) < 4.78 is 10.3. The summed E-state index contributed by atoms with van der Waals surface area (Å²) in [5.41, 5.74) is 5.49. The maximum absolute atomic E-state index is 11.1. The third kappa shape index (κ3) is 3.32. The number of hydrogen-bond acceptors (Lipinski definition) is 4. The summed E-state index contributed by atoms with van der Waals surface area (Å²) >= 11 is 0. The Labute approximate surface area is 78.4 Å². The van der Waals surface area contributed by atoms with Crippen molar-refractivity contribution in [1.82, 2.24) is 0 Å². The number of rotatable bonds is 4. The Morgan fingerprint density at radius 1 is 1.77 bits per heavy atom. The van der Waals surface area contributed by atoms with E-state index in [1.807, 2.05) is 6.92 Å². The molecule has 1 fully saturated rings. The predicted octanol–water partition coefficient (Wildman–Crippen LogP) is 0.446. The fourth-order valence-corrected chi connectivity index (χ4v) is 1.22. The molecule has 1 aliphatic rings. The number of nitrogens with two attached hydrogens (primary N) is 1. The Hall–Kier alpha value is -0.610. The first-order chi connectivity index (χ1) is 6.24. The van der Waals surface area contributed by atoms with E-state index in [2.05, 4.69) is 0 Å². The molecule has 0 saturated carbocycles. The van der Waals surface area contributed by atoms with Crippen LogP contribution in [-0.4, -0.2) is 31.3 Å². The van der Waals surface area contributed by atoms with Gasteiger partial charge in [-0.3, -0.25) is 4.79 Å². The molecule has 0 aromatic heterocycles. The van der Waals surface area contributed by atoms with Crippen LogP contribution in [0.15, 0.2) is 0 Å². The van der Waals surface area contributed by atoms with Crippen LogP contribution in [0.25, 0.3) is 0 Å². The lowest BCUT2D eigenvalue weighted by Crippen LogP contribution is -2.33. The molecule has 4 nitrogen and oxygen atoms in total. The molecule has 1 saturated heterocycles. The predicted molar refractivity (Wildman–Crippen MR) is 48.2 cm³/mol. The molecule has 13 heavy (non-hydrogen) atoms. The number of carbonyl (C=O) groups is 1. The standard InChI is InChI=1S/C9H17NO3/c1-2-8(10)9(11)13-6-7-4-3-5-12-7/h7-8H,2-6,10H2,1H3/t7?,8-/m0/s1. The Bertz CT molecular complexity index is 166. The van der Waals surface area contributed by atoms with Crippen LogP contribution < -0.4 is 5.73 Å². The lowest BCUT2D eigenvalue weighted by molar-refractivity contribution is -0.148. The van der Waals surface area contributed by atoms with E-state index in [9.17, 15) is 4.79 Å². The van der Waals surface area contributed by atoms with Crippen LogP contribution in [-0.2, 0) is 14.3 Å². The van der Waals surface area contributed by atoms with Gasteiger partial charge >= 0.3 is 5.97 Å². The van der Waals surface area contributed by atoms with E-state index >= 15 is 0 Å². The molecule has 76 valence electrons. The summed E-state index contributed by atoms with van der Waals surface area (Å²) in [5.74, 6) is -0.321. The van der Waals surface area contributed by atoms with Crippen LogP contribution in [0.1, 0.15) is 26.2 Å². The Balaban J connectivity index is 2.13. The second-order valence-electron chi connectivity index (χ2n) is 3.28. The van der Waals surface area contributed by atoms with Crippen molar-refractivity contribution in [2.45, 2.75) is 38.3 Å². The highest BCUT2D eigenvalue weighted by Crippen LogP contribution is 2.12. The zero-order valence-electron chi connectivity index (χ0n) is 7.99. The Kier molecular flexibility index (Phi) is 4.18. The monoisotopic (exact) mass is 187 g/mol. The molecular formula is C9H17NO3. The molecule has 1 aliphatic heterocycles. The zero-order chi connectivity index (χ0) is 9.68. The zero-order valence-corrected chi connectivity index (χ0v) is 7.99. The van der Waals surface area contributed by atoms with E-state index in [1.54, 1.807) is 0 Å². The largest absolute Gasteiger partial charge is 0.462 e. The van der Waals surface area contributed by atoms with E-state index < -0.39 is 6.04 Å². The van der Waals surface area contributed by atoms with Crippen molar-refractivity contribution in [1.29, 1.82) is 0 Å². The molecule has 0 spiro atoms. The van der Waals surface area contributed by atoms with Crippen LogP contribution >= 0.6 is 0 Å². The molecule has 1 heterocycles. The molecule has 0 aliphatic carbocycles. The molecule has 0 amide bonds. The molecule has 0 aromatic rings. The third-order valence-electron chi connectivity index (χ3n) is 2.18. The Morgan fingerprint density at radius 3 is 3.08 bits per heavy atom. The summed E-state index contributed by atoms with van der Waals surface area (Å²) in [6.45, 7) is 2.99. The molecule has 2 atom stereocenters. The summed E-state index contributed by atoms with van der Waals surface area (Å²) in [5, 5.41) is 0. The maximum Gasteiger partial charge on any atom is 0.322 e. The van der Waals surface area contributed by atoms with E-state index in [-0.39, 0.29) is 12.1 Å². The minimum Gasteiger partial charge on any atom is -0.462 e. The smallest absolute Gasteiger partial charge is 0.322 e. The van der Waals surface area contributed by atoms with Gasteiger partial charge in [0.25, 0.3) is 0 Å². The first kappa shape index (κ1) is 10.5. The van der Waals surface area contributed by atoms with E-state index in [4.69, 9.17) is 15.2 Å². The van der Waals surface area contributed by atoms with Crippen molar-refractivity contribution < 1.29 is 14.3 Å². The minimum atomic E-state index is -0.485. The SMILES string of the molecule is CC[C@H](N)C(=O)OCC1CCCO1. The highest BCUT2D eigenvalue weighted by Gasteiger charge is 2.19. The van der Waals surface area contributed by atoms with Crippen molar-refractivity contribution >= 4 is 5.97 Å². The van der Waals surface area contributed by atoms with Crippen LogP contribution in [0.3, 0.4) is 0 Å². The number of ether oxygens (including phenoxy) is 2. The van der Waals surface area contributed by atoms with Gasteiger partial charge in [-0.25, -0.2) is 0 Å². The normalized spacial score (nSPS) is 24.3. The van der Waals surface area contributed by atoms with Gasteiger partial charge in [0.2, 0.25) is 0 Å². The highest BCUT2D eigenvalue weighted by molar-refractivity contribution is 5.75. The van der Waals surface area contributed by atoms with Crippen molar-refractivity contribution in [2.24, 2.45) is 5.73 Å². The fraction of sp³-hybridized carbons (Fsp3) is 0.889. The van der Waals surface area contributed by atoms with Crippen molar-refractivity contribution in [2.75, 3.05) is 13.2 Å².